The summed E-state index contributed by atoms with van der Waals surface area (Å²) in [5, 5.41) is 10.8. The van der Waals surface area contributed by atoms with Crippen molar-refractivity contribution in [2.45, 2.75) is 45.6 Å². The van der Waals surface area contributed by atoms with Crippen LogP contribution in [0.1, 0.15) is 54.2 Å². The third-order valence-corrected chi connectivity index (χ3v) is 6.06. The summed E-state index contributed by atoms with van der Waals surface area (Å²) in [6.45, 7) is 2.88. The van der Waals surface area contributed by atoms with Gasteiger partial charge in [0.1, 0.15) is 5.15 Å². The molecule has 1 aromatic carbocycles. The molecule has 1 N–H and O–H groups in total. The molecule has 8 heteroatoms. The molecule has 0 amide bonds. The van der Waals surface area contributed by atoms with Crippen molar-refractivity contribution in [2.24, 2.45) is 13.0 Å². The molecule has 3 aromatic rings. The summed E-state index contributed by atoms with van der Waals surface area (Å²) in [5.74, 6) is -1.22. The normalized spacial score (nSPS) is 12.2. The molecule has 2 heterocycles. The topological polar surface area (TPSA) is 81.4 Å². The van der Waals surface area contributed by atoms with Crippen molar-refractivity contribution in [1.82, 2.24) is 9.55 Å². The van der Waals surface area contributed by atoms with Crippen LogP contribution in [0.2, 0.25) is 10.2 Å². The lowest BCUT2D eigenvalue weighted by Crippen LogP contribution is -2.12. The van der Waals surface area contributed by atoms with Crippen molar-refractivity contribution in [3.8, 4) is 0 Å². The summed E-state index contributed by atoms with van der Waals surface area (Å²) in [7, 11) is 1.92. The number of carbonyl (C=O) groups excluding carboxylic acids is 1. The molecular weight excluding hydrogens is 463 g/mol. The van der Waals surface area contributed by atoms with E-state index in [1.54, 1.807) is 19.2 Å². The number of rotatable bonds is 12. The van der Waals surface area contributed by atoms with E-state index in [1.165, 1.54) is 0 Å². The van der Waals surface area contributed by atoms with E-state index >= 15 is 0 Å². The Bertz CT molecular complexity index is 1140. The molecule has 0 aliphatic heterocycles. The van der Waals surface area contributed by atoms with Gasteiger partial charge in [0.2, 0.25) is 0 Å². The molecule has 0 bridgehead atoms. The lowest BCUT2D eigenvalue weighted by Gasteiger charge is -2.11. The second-order valence-electron chi connectivity index (χ2n) is 8.37. The van der Waals surface area contributed by atoms with E-state index in [1.807, 2.05) is 35.9 Å². The largest absolute Gasteiger partial charge is 0.481 e. The van der Waals surface area contributed by atoms with E-state index in [2.05, 4.69) is 4.98 Å². The van der Waals surface area contributed by atoms with E-state index in [0.717, 1.165) is 35.0 Å². The third-order valence-electron chi connectivity index (χ3n) is 5.62. The number of carboxylic acids is 1. The first-order valence-corrected chi connectivity index (χ1v) is 11.7. The van der Waals surface area contributed by atoms with Crippen LogP contribution in [0.3, 0.4) is 0 Å². The summed E-state index contributed by atoms with van der Waals surface area (Å²) in [6.07, 6.45) is 4.17. The van der Waals surface area contributed by atoms with Crippen molar-refractivity contribution < 1.29 is 19.4 Å². The number of pyridine rings is 1. The first-order chi connectivity index (χ1) is 15.8. The van der Waals surface area contributed by atoms with Crippen LogP contribution < -0.4 is 0 Å². The summed E-state index contributed by atoms with van der Waals surface area (Å²) in [5.41, 5.74) is 3.40. The molecule has 0 unspecified atom stereocenters. The van der Waals surface area contributed by atoms with Gasteiger partial charge in [-0.1, -0.05) is 42.3 Å². The number of carboxylic acid groups (broad SMARTS) is 1. The molecule has 0 radical (unpaired) electrons. The van der Waals surface area contributed by atoms with Crippen LogP contribution in [0, 0.1) is 5.92 Å². The Morgan fingerprint density at radius 3 is 2.70 bits per heavy atom. The average molecular weight is 491 g/mol. The van der Waals surface area contributed by atoms with Gasteiger partial charge < -0.3 is 14.4 Å². The first kappa shape index (κ1) is 25.2. The maximum atomic E-state index is 13.2. The highest BCUT2D eigenvalue weighted by molar-refractivity contribution is 6.30. The van der Waals surface area contributed by atoms with Gasteiger partial charge in [-0.3, -0.25) is 9.59 Å². The van der Waals surface area contributed by atoms with Gasteiger partial charge >= 0.3 is 5.97 Å². The number of unbranched alkanes of at least 4 members (excludes halogenated alkanes) is 1. The van der Waals surface area contributed by atoms with Crippen LogP contribution in [-0.2, 0) is 29.6 Å². The maximum Gasteiger partial charge on any atom is 0.303 e. The number of benzene rings is 1. The maximum absolute atomic E-state index is 13.2. The van der Waals surface area contributed by atoms with Crippen LogP contribution in [0.15, 0.2) is 36.5 Å². The number of fused-ring (bicyclic) bond motifs is 1. The Morgan fingerprint density at radius 1 is 1.18 bits per heavy atom. The molecule has 0 fully saturated rings. The van der Waals surface area contributed by atoms with Gasteiger partial charge in [-0.15, -0.1) is 0 Å². The molecule has 0 saturated carbocycles. The lowest BCUT2D eigenvalue weighted by atomic mass is 9.94. The highest BCUT2D eigenvalue weighted by atomic mass is 35.5. The summed E-state index contributed by atoms with van der Waals surface area (Å²) in [6, 6.07) is 9.31. The predicted octanol–water partition coefficient (Wildman–Crippen LogP) is 6.10. The Morgan fingerprint density at radius 2 is 1.97 bits per heavy atom. The van der Waals surface area contributed by atoms with Crippen LogP contribution >= 0.6 is 23.2 Å². The van der Waals surface area contributed by atoms with Gasteiger partial charge in [-0.25, -0.2) is 4.98 Å². The van der Waals surface area contributed by atoms with E-state index in [4.69, 9.17) is 33.0 Å². The second-order valence-corrected chi connectivity index (χ2v) is 9.20. The fraction of sp³-hybridized carbons (Fsp3) is 0.400. The zero-order chi connectivity index (χ0) is 24.0. The number of hydrogen-bond acceptors (Lipinski definition) is 4. The van der Waals surface area contributed by atoms with Gasteiger partial charge in [0, 0.05) is 48.2 Å². The van der Waals surface area contributed by atoms with E-state index in [9.17, 15) is 9.59 Å². The summed E-state index contributed by atoms with van der Waals surface area (Å²) < 4.78 is 7.76. The van der Waals surface area contributed by atoms with Gasteiger partial charge in [0.05, 0.1) is 18.3 Å². The Labute approximate surface area is 203 Å². The minimum atomic E-state index is -0.904. The first-order valence-electron chi connectivity index (χ1n) is 11.0. The predicted molar refractivity (Wildman–Crippen MR) is 130 cm³/mol. The van der Waals surface area contributed by atoms with Gasteiger partial charge in [-0.05, 0) is 48.9 Å². The van der Waals surface area contributed by atoms with Crippen molar-refractivity contribution in [3.63, 3.8) is 0 Å². The van der Waals surface area contributed by atoms with Gasteiger partial charge in [0.15, 0.2) is 5.78 Å². The summed E-state index contributed by atoms with van der Waals surface area (Å²) in [4.78, 5) is 28.4. The van der Waals surface area contributed by atoms with Crippen molar-refractivity contribution in [2.75, 3.05) is 6.61 Å². The summed E-state index contributed by atoms with van der Waals surface area (Å²) >= 11 is 12.1. The average Bonchev–Trinajstić information content (AvgIpc) is 3.01. The van der Waals surface area contributed by atoms with Gasteiger partial charge in [-0.2, -0.15) is 0 Å². The van der Waals surface area contributed by atoms with Crippen molar-refractivity contribution in [1.29, 1.82) is 0 Å². The molecule has 176 valence electrons. The number of nitrogens with zero attached hydrogens (tertiary/aromatic N) is 2. The number of aromatic nitrogens is 2. The van der Waals surface area contributed by atoms with E-state index in [0.29, 0.717) is 35.4 Å². The van der Waals surface area contributed by atoms with Crippen LogP contribution in [-0.4, -0.2) is 33.0 Å². The molecular formula is C25H28Cl2N2O4. The van der Waals surface area contributed by atoms with Crippen LogP contribution in [0.4, 0.5) is 0 Å². The van der Waals surface area contributed by atoms with E-state index < -0.39 is 5.97 Å². The standard InChI is InChI=1S/C25H28Cl2N2O4/c1-16(11-24(31)32)10-22(30)25-19-13-23(27)28-14-21(19)29(2)20(25)8-3-4-9-33-15-17-6-5-7-18(26)12-17/h5-7,12-14,16H,3-4,8-11,15H2,1-2H3,(H,31,32)/t16-/m1/s1. The molecule has 2 aromatic heterocycles. The van der Waals surface area contributed by atoms with E-state index in [-0.39, 0.29) is 24.5 Å². The molecule has 3 rings (SSSR count). The molecule has 0 aliphatic carbocycles. The molecule has 0 spiro atoms. The zero-order valence-electron chi connectivity index (χ0n) is 18.8. The minimum Gasteiger partial charge on any atom is -0.481 e. The second kappa shape index (κ2) is 11.6. The number of aryl methyl sites for hydroxylation is 1. The van der Waals surface area contributed by atoms with Crippen LogP contribution in [0.5, 0.6) is 0 Å². The molecule has 6 nitrogen and oxygen atoms in total. The van der Waals surface area contributed by atoms with Crippen LogP contribution in [0.25, 0.3) is 10.9 Å². The molecule has 0 saturated heterocycles. The Hall–Kier alpha value is -2.41. The highest BCUT2D eigenvalue weighted by Gasteiger charge is 2.23. The number of Topliss-reactive ketones (excluding diaryl/α,β-unsaturated/α-hetero) is 1. The number of carbonyl (C=O) groups is 2. The SMILES string of the molecule is C[C@@H](CC(=O)O)CC(=O)c1c(CCCCOCc2cccc(Cl)c2)n(C)c2cnc(Cl)cc12. The Balaban J connectivity index is 1.68. The Kier molecular flexibility index (Phi) is 8.89. The fourth-order valence-corrected chi connectivity index (χ4v) is 4.44. The fourth-order valence-electron chi connectivity index (χ4n) is 4.06. The molecule has 33 heavy (non-hydrogen) atoms. The van der Waals surface area contributed by atoms with Crippen molar-refractivity contribution >= 4 is 45.9 Å². The monoisotopic (exact) mass is 490 g/mol. The minimum absolute atomic E-state index is 0.0435. The number of ketones is 1. The number of halogens is 2. The lowest BCUT2D eigenvalue weighted by molar-refractivity contribution is -0.137. The number of hydrogen-bond donors (Lipinski definition) is 1. The smallest absolute Gasteiger partial charge is 0.303 e. The number of ether oxygens (including phenoxy) is 1. The third kappa shape index (κ3) is 6.79. The molecule has 1 atom stereocenters. The highest BCUT2D eigenvalue weighted by Crippen LogP contribution is 2.30. The van der Waals surface area contributed by atoms with Crippen molar-refractivity contribution in [3.05, 3.63) is 63.5 Å². The molecule has 0 aliphatic rings. The van der Waals surface area contributed by atoms with Gasteiger partial charge in [0.25, 0.3) is 0 Å². The quantitative estimate of drug-likeness (QED) is 0.188. The number of aliphatic carboxylic acids is 1. The zero-order valence-corrected chi connectivity index (χ0v) is 20.3.